The summed E-state index contributed by atoms with van der Waals surface area (Å²) in [7, 11) is 1.48. The number of carbonyl (C=O) groups is 1. The van der Waals surface area contributed by atoms with Gasteiger partial charge in [-0.1, -0.05) is 6.92 Å². The molecule has 0 spiro atoms. The van der Waals surface area contributed by atoms with Crippen LogP contribution in [0.4, 0.5) is 0 Å². The van der Waals surface area contributed by atoms with E-state index >= 15 is 0 Å². The van der Waals surface area contributed by atoms with Crippen molar-refractivity contribution in [1.82, 2.24) is 0 Å². The summed E-state index contributed by atoms with van der Waals surface area (Å²) in [4.78, 5) is 11.3. The normalized spacial score (nSPS) is 14.2. The summed E-state index contributed by atoms with van der Waals surface area (Å²) >= 11 is 0. The molecule has 1 rings (SSSR count). The molecule has 0 aromatic heterocycles. The van der Waals surface area contributed by atoms with Crippen LogP contribution < -0.4 is 4.74 Å². The highest BCUT2D eigenvalue weighted by Crippen LogP contribution is 2.36. The van der Waals surface area contributed by atoms with Gasteiger partial charge in [0.15, 0.2) is 0 Å². The molecule has 0 saturated heterocycles. The molecule has 0 fully saturated rings. The molecular formula is C12H16O4. The van der Waals surface area contributed by atoms with Crippen LogP contribution in [0.3, 0.4) is 0 Å². The Bertz CT molecular complexity index is 400. The molecule has 0 amide bonds. The van der Waals surface area contributed by atoms with Crippen LogP contribution in [0.25, 0.3) is 0 Å². The molecule has 16 heavy (non-hydrogen) atoms. The van der Waals surface area contributed by atoms with Crippen molar-refractivity contribution in [3.05, 3.63) is 23.8 Å². The van der Waals surface area contributed by atoms with E-state index in [1.807, 2.05) is 0 Å². The zero-order valence-electron chi connectivity index (χ0n) is 9.65. The van der Waals surface area contributed by atoms with E-state index in [4.69, 9.17) is 4.74 Å². The maximum absolute atomic E-state index is 11.3. The second-order valence-electron chi connectivity index (χ2n) is 3.88. The number of benzene rings is 1. The van der Waals surface area contributed by atoms with Crippen LogP contribution >= 0.6 is 0 Å². The van der Waals surface area contributed by atoms with Crippen molar-refractivity contribution in [1.29, 1.82) is 0 Å². The first-order valence-corrected chi connectivity index (χ1v) is 5.06. The van der Waals surface area contributed by atoms with Gasteiger partial charge in [0.1, 0.15) is 11.5 Å². The Morgan fingerprint density at radius 1 is 1.50 bits per heavy atom. The Hall–Kier alpha value is -1.71. The predicted molar refractivity (Wildman–Crippen MR) is 59.9 cm³/mol. The van der Waals surface area contributed by atoms with Gasteiger partial charge in [-0.2, -0.15) is 0 Å². The summed E-state index contributed by atoms with van der Waals surface area (Å²) in [6, 6.07) is 4.48. The first-order valence-electron chi connectivity index (χ1n) is 5.06. The van der Waals surface area contributed by atoms with Gasteiger partial charge in [-0.3, -0.25) is 4.79 Å². The number of hydrogen-bond donors (Lipinski definition) is 2. The van der Waals surface area contributed by atoms with Gasteiger partial charge in [0.25, 0.3) is 0 Å². The fourth-order valence-corrected chi connectivity index (χ4v) is 1.58. The number of phenolic OH excluding ortho intramolecular Hbond substituents is 1. The lowest BCUT2D eigenvalue weighted by Gasteiger charge is -2.25. The number of aliphatic carboxylic acids is 1. The fourth-order valence-electron chi connectivity index (χ4n) is 1.58. The molecule has 0 saturated carbocycles. The molecule has 0 aliphatic rings. The Balaban J connectivity index is 3.39. The molecule has 0 aliphatic heterocycles. The largest absolute Gasteiger partial charge is 0.508 e. The van der Waals surface area contributed by atoms with E-state index in [9.17, 15) is 15.0 Å². The summed E-state index contributed by atoms with van der Waals surface area (Å²) < 4.78 is 5.12. The van der Waals surface area contributed by atoms with Gasteiger partial charge in [-0.25, -0.2) is 0 Å². The second kappa shape index (κ2) is 4.43. The summed E-state index contributed by atoms with van der Waals surface area (Å²) in [6.45, 7) is 3.41. The topological polar surface area (TPSA) is 66.8 Å². The quantitative estimate of drug-likeness (QED) is 0.822. The van der Waals surface area contributed by atoms with Crippen molar-refractivity contribution in [2.75, 3.05) is 7.11 Å². The maximum atomic E-state index is 11.3. The van der Waals surface area contributed by atoms with Crippen molar-refractivity contribution in [2.45, 2.75) is 25.7 Å². The minimum atomic E-state index is -1.05. The molecule has 1 aromatic carbocycles. The van der Waals surface area contributed by atoms with Crippen LogP contribution in [0.1, 0.15) is 25.8 Å². The van der Waals surface area contributed by atoms with E-state index in [0.717, 1.165) is 0 Å². The van der Waals surface area contributed by atoms with Crippen LogP contribution in [0.5, 0.6) is 11.5 Å². The number of rotatable bonds is 4. The Morgan fingerprint density at radius 2 is 2.12 bits per heavy atom. The lowest BCUT2D eigenvalue weighted by atomic mass is 9.79. The average molecular weight is 224 g/mol. The Labute approximate surface area is 94.5 Å². The number of phenols is 1. The van der Waals surface area contributed by atoms with Crippen molar-refractivity contribution in [2.24, 2.45) is 0 Å². The zero-order valence-corrected chi connectivity index (χ0v) is 9.65. The molecule has 4 nitrogen and oxygen atoms in total. The van der Waals surface area contributed by atoms with Crippen LogP contribution in [0.15, 0.2) is 18.2 Å². The molecular weight excluding hydrogens is 208 g/mol. The monoisotopic (exact) mass is 224 g/mol. The van der Waals surface area contributed by atoms with Crippen molar-refractivity contribution in [3.8, 4) is 11.5 Å². The van der Waals surface area contributed by atoms with Crippen LogP contribution in [-0.4, -0.2) is 23.3 Å². The molecule has 1 atom stereocenters. The van der Waals surface area contributed by atoms with E-state index in [1.54, 1.807) is 19.9 Å². The number of hydrogen-bond acceptors (Lipinski definition) is 3. The third kappa shape index (κ3) is 1.96. The van der Waals surface area contributed by atoms with E-state index in [0.29, 0.717) is 17.7 Å². The highest BCUT2D eigenvalue weighted by molar-refractivity contribution is 5.82. The Morgan fingerprint density at radius 3 is 2.56 bits per heavy atom. The van der Waals surface area contributed by atoms with Crippen molar-refractivity contribution in [3.63, 3.8) is 0 Å². The molecule has 1 aromatic rings. The molecule has 0 heterocycles. The number of methoxy groups -OCH3 is 1. The Kier molecular flexibility index (Phi) is 3.42. The maximum Gasteiger partial charge on any atom is 0.313 e. The van der Waals surface area contributed by atoms with Crippen molar-refractivity contribution < 1.29 is 19.7 Å². The summed E-state index contributed by atoms with van der Waals surface area (Å²) in [5.41, 5.74) is -0.561. The molecule has 4 heteroatoms. The van der Waals surface area contributed by atoms with Crippen LogP contribution in [0.2, 0.25) is 0 Å². The molecule has 0 radical (unpaired) electrons. The lowest BCUT2D eigenvalue weighted by Crippen LogP contribution is -2.32. The molecule has 2 N–H and O–H groups in total. The van der Waals surface area contributed by atoms with Crippen LogP contribution in [-0.2, 0) is 10.2 Å². The highest BCUT2D eigenvalue weighted by Gasteiger charge is 2.36. The van der Waals surface area contributed by atoms with E-state index in [2.05, 4.69) is 0 Å². The minimum absolute atomic E-state index is 0.0386. The highest BCUT2D eigenvalue weighted by atomic mass is 16.5. The summed E-state index contributed by atoms with van der Waals surface area (Å²) in [5.74, 6) is -0.417. The van der Waals surface area contributed by atoms with Gasteiger partial charge in [-0.15, -0.1) is 0 Å². The smallest absolute Gasteiger partial charge is 0.313 e. The molecule has 88 valence electrons. The second-order valence-corrected chi connectivity index (χ2v) is 3.88. The lowest BCUT2D eigenvalue weighted by molar-refractivity contribution is -0.143. The van der Waals surface area contributed by atoms with Gasteiger partial charge in [0.2, 0.25) is 0 Å². The summed E-state index contributed by atoms with van der Waals surface area (Å²) in [6.07, 6.45) is 0.419. The first kappa shape index (κ1) is 12.4. The number of ether oxygens (including phenoxy) is 1. The predicted octanol–water partition coefficient (Wildman–Crippen LogP) is 2.15. The fraction of sp³-hybridized carbons (Fsp3) is 0.417. The van der Waals surface area contributed by atoms with Gasteiger partial charge in [0.05, 0.1) is 12.5 Å². The summed E-state index contributed by atoms with van der Waals surface area (Å²) in [5, 5.41) is 18.7. The van der Waals surface area contributed by atoms with Gasteiger partial charge in [0, 0.05) is 5.56 Å². The van der Waals surface area contributed by atoms with Crippen LogP contribution in [0, 0.1) is 0 Å². The first-order chi connectivity index (χ1) is 7.45. The SMILES string of the molecule is CCC(C)(C(=O)O)c1cc(O)ccc1OC. The molecule has 1 unspecified atom stereocenters. The third-order valence-electron chi connectivity index (χ3n) is 2.96. The number of aromatic hydroxyl groups is 1. The van der Waals surface area contributed by atoms with E-state index in [1.165, 1.54) is 19.2 Å². The van der Waals surface area contributed by atoms with E-state index < -0.39 is 11.4 Å². The molecule has 0 aliphatic carbocycles. The van der Waals surface area contributed by atoms with E-state index in [-0.39, 0.29) is 5.75 Å². The van der Waals surface area contributed by atoms with Crippen molar-refractivity contribution >= 4 is 5.97 Å². The minimum Gasteiger partial charge on any atom is -0.508 e. The zero-order chi connectivity index (χ0) is 12.3. The third-order valence-corrected chi connectivity index (χ3v) is 2.96. The van der Waals surface area contributed by atoms with Gasteiger partial charge in [-0.05, 0) is 31.5 Å². The standard InChI is InChI=1S/C12H16O4/c1-4-12(2,11(14)15)9-7-8(13)5-6-10(9)16-3/h5-7,13H,4H2,1-3H3,(H,14,15). The molecule has 0 bridgehead atoms. The average Bonchev–Trinajstić information content (AvgIpc) is 2.27. The van der Waals surface area contributed by atoms with Gasteiger partial charge < -0.3 is 14.9 Å². The van der Waals surface area contributed by atoms with Gasteiger partial charge >= 0.3 is 5.97 Å². The number of carboxylic acid groups (broad SMARTS) is 1. The number of carboxylic acids is 1.